The van der Waals surface area contributed by atoms with Gasteiger partial charge in [-0.15, -0.1) is 11.3 Å². The molecule has 1 N–H and O–H groups in total. The quantitative estimate of drug-likeness (QED) is 0.826. The van der Waals surface area contributed by atoms with Gasteiger partial charge in [0.2, 0.25) is 0 Å². The van der Waals surface area contributed by atoms with E-state index < -0.39 is 5.60 Å². The summed E-state index contributed by atoms with van der Waals surface area (Å²) in [6.45, 7) is 8.43. The van der Waals surface area contributed by atoms with E-state index in [9.17, 15) is 4.79 Å². The van der Waals surface area contributed by atoms with Crippen molar-refractivity contribution in [1.29, 1.82) is 0 Å². The average molecular weight is 269 g/mol. The summed E-state index contributed by atoms with van der Waals surface area (Å²) in [5.74, 6) is 0. The minimum Gasteiger partial charge on any atom is -0.444 e. The Kier molecular flexibility index (Phi) is 5.66. The molecule has 0 saturated carbocycles. The maximum Gasteiger partial charge on any atom is 0.407 e. The van der Waals surface area contributed by atoms with Crippen LogP contribution in [0.5, 0.6) is 0 Å². The molecule has 3 nitrogen and oxygen atoms in total. The molecule has 0 atom stereocenters. The number of hydrogen-bond donors (Lipinski definition) is 1. The molecule has 0 spiro atoms. The summed E-state index contributed by atoms with van der Waals surface area (Å²) >= 11 is 1.80. The Morgan fingerprint density at radius 2 is 2.17 bits per heavy atom. The lowest BCUT2D eigenvalue weighted by Crippen LogP contribution is -2.33. The van der Waals surface area contributed by atoms with Crippen LogP contribution in [0.2, 0.25) is 0 Å². The van der Waals surface area contributed by atoms with E-state index in [0.717, 1.165) is 19.3 Å². The van der Waals surface area contributed by atoms with Crippen LogP contribution in [0.15, 0.2) is 11.4 Å². The van der Waals surface area contributed by atoms with Gasteiger partial charge in [-0.1, -0.05) is 6.92 Å². The van der Waals surface area contributed by atoms with Crippen LogP contribution in [-0.4, -0.2) is 18.2 Å². The van der Waals surface area contributed by atoms with Crippen LogP contribution in [0, 0.1) is 0 Å². The largest absolute Gasteiger partial charge is 0.444 e. The molecule has 0 saturated heterocycles. The number of alkyl carbamates (subject to hydrolysis) is 1. The summed E-state index contributed by atoms with van der Waals surface area (Å²) in [6.07, 6.45) is 2.73. The number of aryl methyl sites for hydroxylation is 2. The van der Waals surface area contributed by atoms with Gasteiger partial charge in [0, 0.05) is 11.4 Å². The molecule has 1 heterocycles. The third-order valence-corrected chi connectivity index (χ3v) is 3.49. The summed E-state index contributed by atoms with van der Waals surface area (Å²) in [6, 6.07) is 2.18. The molecule has 0 fully saturated rings. The fourth-order valence-corrected chi connectivity index (χ4v) is 2.68. The second-order valence-electron chi connectivity index (χ2n) is 5.25. The zero-order valence-electron chi connectivity index (χ0n) is 11.7. The standard InChI is InChI=1S/C14H23NO2S/c1-5-11-8-10-18-12(11)7-6-9-15-13(16)17-14(2,3)4/h8,10H,5-7,9H2,1-4H3,(H,15,16). The first-order valence-electron chi connectivity index (χ1n) is 6.44. The molecule has 0 aliphatic heterocycles. The van der Waals surface area contributed by atoms with Crippen LogP contribution < -0.4 is 5.32 Å². The van der Waals surface area contributed by atoms with Gasteiger partial charge in [-0.2, -0.15) is 0 Å². The van der Waals surface area contributed by atoms with E-state index in [0.29, 0.717) is 6.54 Å². The van der Waals surface area contributed by atoms with Crippen LogP contribution in [0.25, 0.3) is 0 Å². The highest BCUT2D eigenvalue weighted by molar-refractivity contribution is 7.10. The first-order chi connectivity index (χ1) is 8.42. The van der Waals surface area contributed by atoms with Crippen molar-refractivity contribution in [1.82, 2.24) is 5.32 Å². The molecular formula is C14H23NO2S. The Hall–Kier alpha value is -1.03. The molecule has 0 unspecified atom stereocenters. The smallest absolute Gasteiger partial charge is 0.407 e. The van der Waals surface area contributed by atoms with Gasteiger partial charge in [0.15, 0.2) is 0 Å². The second kappa shape index (κ2) is 6.78. The highest BCUT2D eigenvalue weighted by atomic mass is 32.1. The third-order valence-electron chi connectivity index (χ3n) is 2.47. The van der Waals surface area contributed by atoms with E-state index in [1.807, 2.05) is 20.8 Å². The van der Waals surface area contributed by atoms with Gasteiger partial charge < -0.3 is 10.1 Å². The molecule has 0 bridgehead atoms. The summed E-state index contributed by atoms with van der Waals surface area (Å²) < 4.78 is 5.17. The molecule has 1 aromatic heterocycles. The number of carbonyl (C=O) groups excluding carboxylic acids is 1. The van der Waals surface area contributed by atoms with Crippen molar-refractivity contribution >= 4 is 17.4 Å². The van der Waals surface area contributed by atoms with Crippen LogP contribution in [0.1, 0.15) is 44.6 Å². The van der Waals surface area contributed by atoms with Crippen LogP contribution in [0.4, 0.5) is 4.79 Å². The van der Waals surface area contributed by atoms with Gasteiger partial charge in [0.05, 0.1) is 0 Å². The zero-order chi connectivity index (χ0) is 13.6. The molecule has 0 radical (unpaired) electrons. The second-order valence-corrected chi connectivity index (χ2v) is 6.26. The lowest BCUT2D eigenvalue weighted by atomic mass is 10.1. The monoisotopic (exact) mass is 269 g/mol. The minimum atomic E-state index is -0.423. The van der Waals surface area contributed by atoms with Gasteiger partial charge in [-0.25, -0.2) is 4.79 Å². The predicted octanol–water partition coefficient (Wildman–Crippen LogP) is 3.77. The summed E-state index contributed by atoms with van der Waals surface area (Å²) in [5, 5.41) is 4.92. The number of ether oxygens (including phenoxy) is 1. The highest BCUT2D eigenvalue weighted by Crippen LogP contribution is 2.18. The van der Waals surface area contributed by atoms with Crippen LogP contribution >= 0.6 is 11.3 Å². The summed E-state index contributed by atoms with van der Waals surface area (Å²) in [5.41, 5.74) is 1.00. The predicted molar refractivity (Wildman–Crippen MR) is 76.3 cm³/mol. The maximum atomic E-state index is 11.4. The number of thiophene rings is 1. The number of carbonyl (C=O) groups is 1. The summed E-state index contributed by atoms with van der Waals surface area (Å²) in [7, 11) is 0. The van der Waals surface area contributed by atoms with Crippen molar-refractivity contribution in [3.63, 3.8) is 0 Å². The van der Waals surface area contributed by atoms with Gasteiger partial charge in [-0.3, -0.25) is 0 Å². The SMILES string of the molecule is CCc1ccsc1CCCNC(=O)OC(C)(C)C. The molecule has 0 aromatic carbocycles. The van der Waals surface area contributed by atoms with Crippen molar-refractivity contribution in [2.24, 2.45) is 0 Å². The van der Waals surface area contributed by atoms with Gasteiger partial charge >= 0.3 is 6.09 Å². The average Bonchev–Trinajstić information content (AvgIpc) is 2.69. The number of nitrogens with one attached hydrogen (secondary N) is 1. The lowest BCUT2D eigenvalue weighted by molar-refractivity contribution is 0.0527. The van der Waals surface area contributed by atoms with Crippen molar-refractivity contribution < 1.29 is 9.53 Å². The van der Waals surface area contributed by atoms with E-state index in [4.69, 9.17) is 4.74 Å². The number of hydrogen-bond acceptors (Lipinski definition) is 3. The Labute approximate surface area is 114 Å². The molecule has 0 aliphatic rings. The number of amides is 1. The molecule has 18 heavy (non-hydrogen) atoms. The third kappa shape index (κ3) is 5.54. The van der Waals surface area contributed by atoms with E-state index in [1.165, 1.54) is 10.4 Å². The van der Waals surface area contributed by atoms with Crippen LogP contribution in [-0.2, 0) is 17.6 Å². The summed E-state index contributed by atoms with van der Waals surface area (Å²) in [4.78, 5) is 12.8. The maximum absolute atomic E-state index is 11.4. The Morgan fingerprint density at radius 1 is 1.44 bits per heavy atom. The van der Waals surface area contributed by atoms with Gasteiger partial charge in [0.1, 0.15) is 5.60 Å². The lowest BCUT2D eigenvalue weighted by Gasteiger charge is -2.19. The minimum absolute atomic E-state index is 0.329. The Morgan fingerprint density at radius 3 is 2.78 bits per heavy atom. The van der Waals surface area contributed by atoms with Crippen molar-refractivity contribution in [3.05, 3.63) is 21.9 Å². The molecule has 1 rings (SSSR count). The normalized spacial score (nSPS) is 11.3. The number of rotatable bonds is 5. The first-order valence-corrected chi connectivity index (χ1v) is 7.32. The molecule has 1 aromatic rings. The molecule has 4 heteroatoms. The molecule has 1 amide bonds. The van der Waals surface area contributed by atoms with Crippen molar-refractivity contribution in [2.75, 3.05) is 6.54 Å². The topological polar surface area (TPSA) is 38.3 Å². The Balaban J connectivity index is 2.21. The molecular weight excluding hydrogens is 246 g/mol. The Bertz CT molecular complexity index is 379. The van der Waals surface area contributed by atoms with Gasteiger partial charge in [0.25, 0.3) is 0 Å². The van der Waals surface area contributed by atoms with E-state index in [2.05, 4.69) is 23.7 Å². The van der Waals surface area contributed by atoms with E-state index in [1.54, 1.807) is 11.3 Å². The van der Waals surface area contributed by atoms with Crippen molar-refractivity contribution in [2.45, 2.75) is 52.6 Å². The van der Waals surface area contributed by atoms with Crippen LogP contribution in [0.3, 0.4) is 0 Å². The first kappa shape index (κ1) is 15.0. The molecule has 0 aliphatic carbocycles. The highest BCUT2D eigenvalue weighted by Gasteiger charge is 2.15. The van der Waals surface area contributed by atoms with E-state index >= 15 is 0 Å². The fourth-order valence-electron chi connectivity index (χ4n) is 1.65. The molecule has 102 valence electrons. The van der Waals surface area contributed by atoms with Crippen molar-refractivity contribution in [3.8, 4) is 0 Å². The zero-order valence-corrected chi connectivity index (χ0v) is 12.5. The van der Waals surface area contributed by atoms with E-state index in [-0.39, 0.29) is 6.09 Å². The fraction of sp³-hybridized carbons (Fsp3) is 0.643. The van der Waals surface area contributed by atoms with Gasteiger partial charge in [-0.05, 0) is 57.0 Å².